The Balaban J connectivity index is 0.000000571. The van der Waals surface area contributed by atoms with Gasteiger partial charge in [-0.05, 0) is 17.3 Å². The number of thioether (sulfide) groups is 1. The molecule has 0 amide bonds. The molecule has 1 fully saturated rings. The molecule has 1 saturated heterocycles. The minimum absolute atomic E-state index is 0.453. The quantitative estimate of drug-likeness (QED) is 0.301. The molecule has 0 bridgehead atoms. The van der Waals surface area contributed by atoms with Crippen molar-refractivity contribution in [3.63, 3.8) is 0 Å². The first-order chi connectivity index (χ1) is 12.8. The number of rotatable bonds is 7. The van der Waals surface area contributed by atoms with Gasteiger partial charge < -0.3 is 4.55 Å². The van der Waals surface area contributed by atoms with Crippen LogP contribution in [0.3, 0.4) is 0 Å². The summed E-state index contributed by atoms with van der Waals surface area (Å²) in [6.45, 7) is 2.08. The number of Topliss-reactive ketones (excluding diaryl/α,β-unsaturated/α-hetero) is 1. The molecule has 0 aromatic rings. The summed E-state index contributed by atoms with van der Waals surface area (Å²) >= 11 is 2.03. The molecular formula is C13H17F9O4S3. The molecule has 29 heavy (non-hydrogen) atoms. The molecule has 1 rings (SSSR count). The lowest BCUT2D eigenvalue weighted by atomic mass is 10.1. The molecule has 0 unspecified atom stereocenters. The smallest absolute Gasteiger partial charge is 0.460 e. The molecule has 16 heteroatoms. The van der Waals surface area contributed by atoms with Crippen molar-refractivity contribution in [1.82, 2.24) is 0 Å². The van der Waals surface area contributed by atoms with E-state index in [0.29, 0.717) is 16.7 Å². The maximum absolute atomic E-state index is 12.2. The normalized spacial score (nSPS) is 17.5. The summed E-state index contributed by atoms with van der Waals surface area (Å²) in [5.41, 5.74) is 0. The highest BCUT2D eigenvalue weighted by atomic mass is 32.2. The van der Waals surface area contributed by atoms with Gasteiger partial charge in [0.1, 0.15) is 11.5 Å². The second-order valence-electron chi connectivity index (χ2n) is 5.68. The highest BCUT2D eigenvalue weighted by Crippen LogP contribution is 2.54. The van der Waals surface area contributed by atoms with E-state index in [0.717, 1.165) is 18.6 Å². The first-order valence-corrected chi connectivity index (χ1v) is 12.0. The fraction of sp³-hybridized carbons (Fsp3) is 0.923. The topological polar surface area (TPSA) is 74.3 Å². The zero-order valence-corrected chi connectivity index (χ0v) is 17.2. The van der Waals surface area contributed by atoms with Crippen molar-refractivity contribution in [3.8, 4) is 0 Å². The molecule has 0 N–H and O–H groups in total. The van der Waals surface area contributed by atoms with Crippen molar-refractivity contribution in [1.29, 1.82) is 0 Å². The Hall–Kier alpha value is -0.350. The van der Waals surface area contributed by atoms with E-state index in [4.69, 9.17) is 0 Å². The summed E-state index contributed by atoms with van der Waals surface area (Å²) < 4.78 is 135. The van der Waals surface area contributed by atoms with E-state index in [9.17, 15) is 57.3 Å². The first kappa shape index (κ1) is 28.6. The zero-order valence-electron chi connectivity index (χ0n) is 14.7. The largest absolute Gasteiger partial charge is 0.743 e. The maximum atomic E-state index is 12.2. The van der Waals surface area contributed by atoms with E-state index in [1.54, 1.807) is 0 Å². The second-order valence-corrected chi connectivity index (χ2v) is 10.7. The third kappa shape index (κ3) is 7.09. The number of hydrogen-bond donors (Lipinski definition) is 0. The highest BCUT2D eigenvalue weighted by molar-refractivity contribution is 8.05. The van der Waals surface area contributed by atoms with Gasteiger partial charge in [-0.3, -0.25) is 4.79 Å². The molecule has 4 nitrogen and oxygen atoms in total. The van der Waals surface area contributed by atoms with Crippen LogP contribution in [0.15, 0.2) is 0 Å². The van der Waals surface area contributed by atoms with Gasteiger partial charge >= 0.3 is 23.3 Å². The summed E-state index contributed by atoms with van der Waals surface area (Å²) in [4.78, 5) is 11.3. The van der Waals surface area contributed by atoms with Crippen molar-refractivity contribution in [2.24, 2.45) is 0 Å². The number of carbonyl (C=O) groups excluding carboxylic acids is 1. The van der Waals surface area contributed by atoms with Crippen molar-refractivity contribution >= 4 is 38.6 Å². The van der Waals surface area contributed by atoms with E-state index in [2.05, 4.69) is 6.92 Å². The lowest BCUT2D eigenvalue weighted by Gasteiger charge is -2.34. The van der Waals surface area contributed by atoms with Gasteiger partial charge in [-0.2, -0.15) is 51.3 Å². The molecule has 0 saturated carbocycles. The Morgan fingerprint density at radius 3 is 1.76 bits per heavy atom. The lowest BCUT2D eigenvalue weighted by Crippen LogP contribution is -2.63. The fourth-order valence-electron chi connectivity index (χ4n) is 1.80. The van der Waals surface area contributed by atoms with Gasteiger partial charge in [-0.15, -0.1) is 0 Å². The molecule has 0 spiro atoms. The van der Waals surface area contributed by atoms with Crippen molar-refractivity contribution in [2.75, 3.05) is 28.8 Å². The van der Waals surface area contributed by atoms with Crippen LogP contribution in [0.25, 0.3) is 0 Å². The summed E-state index contributed by atoms with van der Waals surface area (Å²) in [6.07, 6.45) is -5.34. The molecule has 0 aliphatic carbocycles. The molecule has 1 aliphatic heterocycles. The Labute approximate surface area is 168 Å². The Morgan fingerprint density at radius 1 is 0.966 bits per heavy atom. The molecular weight excluding hydrogens is 487 g/mol. The van der Waals surface area contributed by atoms with Crippen LogP contribution in [0.4, 0.5) is 39.5 Å². The third-order valence-corrected chi connectivity index (χ3v) is 8.04. The average molecular weight is 504 g/mol. The summed E-state index contributed by atoms with van der Waals surface area (Å²) in [5, 5.41) is -7.11. The third-order valence-electron chi connectivity index (χ3n) is 3.36. The number of ketones is 1. The van der Waals surface area contributed by atoms with Crippen LogP contribution < -0.4 is 0 Å². The van der Waals surface area contributed by atoms with Gasteiger partial charge in [0, 0.05) is 17.9 Å². The summed E-state index contributed by atoms with van der Waals surface area (Å²) in [5.74, 6) is -8.30. The SMILES string of the molecule is CCCC(=O)C[S+]1CCSCC1.O=S(=O)([O-])C(F)(F)C(F)(F)C(F)(F)C(F)(F)F. The Kier molecular flexibility index (Phi) is 10.2. The van der Waals surface area contributed by atoms with Gasteiger partial charge in [-0.1, -0.05) is 6.92 Å². The van der Waals surface area contributed by atoms with E-state index in [1.165, 1.54) is 23.0 Å². The van der Waals surface area contributed by atoms with Gasteiger partial charge in [0.15, 0.2) is 21.7 Å². The molecule has 0 atom stereocenters. The summed E-state index contributed by atoms with van der Waals surface area (Å²) in [7, 11) is -6.96. The number of hydrogen-bond acceptors (Lipinski definition) is 5. The Bertz CT molecular complexity index is 644. The van der Waals surface area contributed by atoms with E-state index in [-0.39, 0.29) is 0 Å². The minimum Gasteiger partial charge on any atom is -0.743 e. The summed E-state index contributed by atoms with van der Waals surface area (Å²) in [6, 6.07) is 0. The van der Waals surface area contributed by atoms with Crippen molar-refractivity contribution in [3.05, 3.63) is 0 Å². The van der Waals surface area contributed by atoms with Crippen LogP contribution >= 0.6 is 11.8 Å². The monoisotopic (exact) mass is 504 g/mol. The molecule has 1 heterocycles. The van der Waals surface area contributed by atoms with Gasteiger partial charge in [0.2, 0.25) is 0 Å². The second kappa shape index (κ2) is 10.3. The predicted octanol–water partition coefficient (Wildman–Crippen LogP) is 3.68. The van der Waals surface area contributed by atoms with Gasteiger partial charge in [0.25, 0.3) is 0 Å². The van der Waals surface area contributed by atoms with Crippen molar-refractivity contribution in [2.45, 2.75) is 43.0 Å². The van der Waals surface area contributed by atoms with Crippen molar-refractivity contribution < 1.29 is 57.3 Å². The fourth-order valence-corrected chi connectivity index (χ4v) is 6.37. The first-order valence-electron chi connectivity index (χ1n) is 7.72. The van der Waals surface area contributed by atoms with E-state index in [1.807, 2.05) is 11.8 Å². The minimum atomic E-state index is -7.43. The molecule has 0 aromatic carbocycles. The molecule has 0 aromatic heterocycles. The van der Waals surface area contributed by atoms with Crippen LogP contribution in [0.5, 0.6) is 0 Å². The zero-order chi connectivity index (χ0) is 23.3. The van der Waals surface area contributed by atoms with E-state index < -0.39 is 33.4 Å². The number of carbonyl (C=O) groups is 1. The van der Waals surface area contributed by atoms with Crippen LogP contribution in [0.1, 0.15) is 19.8 Å². The van der Waals surface area contributed by atoms with Crippen LogP contribution in [0, 0.1) is 0 Å². The number of alkyl halides is 9. The maximum Gasteiger partial charge on any atom is 0.460 e. The van der Waals surface area contributed by atoms with Crippen LogP contribution in [-0.2, 0) is 25.8 Å². The standard InChI is InChI=1S/C9H17OS2.C4HF9O3S/c1-2-3-9(10)8-12-6-4-11-5-7-12;5-1(6,3(9,10)11)2(7,8)4(12,13)17(14,15)16/h2-8H2,1H3;(H,14,15,16)/q+1;/p-1. The number of halogens is 9. The van der Waals surface area contributed by atoms with Gasteiger partial charge in [0.05, 0.1) is 0 Å². The predicted molar refractivity (Wildman–Crippen MR) is 89.8 cm³/mol. The molecule has 174 valence electrons. The molecule has 1 aliphatic rings. The lowest BCUT2D eigenvalue weighted by molar-refractivity contribution is -0.382. The van der Waals surface area contributed by atoms with Crippen LogP contribution in [-0.4, -0.2) is 70.8 Å². The molecule has 0 radical (unpaired) electrons. The average Bonchev–Trinajstić information content (AvgIpc) is 2.54. The van der Waals surface area contributed by atoms with Crippen LogP contribution in [0.2, 0.25) is 0 Å². The highest BCUT2D eigenvalue weighted by Gasteiger charge is 2.83. The van der Waals surface area contributed by atoms with E-state index >= 15 is 0 Å². The Morgan fingerprint density at radius 2 is 1.41 bits per heavy atom. The van der Waals surface area contributed by atoms with Gasteiger partial charge in [-0.25, -0.2) is 8.42 Å².